The third-order valence-electron chi connectivity index (χ3n) is 2.07. The molecule has 0 unspecified atom stereocenters. The molecular formula is C9H6N4S. The minimum Gasteiger partial charge on any atom is -0.277 e. The van der Waals surface area contributed by atoms with Gasteiger partial charge in [-0.25, -0.2) is 0 Å². The van der Waals surface area contributed by atoms with E-state index in [-0.39, 0.29) is 0 Å². The molecule has 5 heteroatoms. The molecule has 0 saturated carbocycles. The van der Waals surface area contributed by atoms with Crippen molar-refractivity contribution in [2.45, 2.75) is 0 Å². The van der Waals surface area contributed by atoms with Crippen LogP contribution in [0.15, 0.2) is 29.6 Å². The minimum atomic E-state index is 0.826. The van der Waals surface area contributed by atoms with Gasteiger partial charge >= 0.3 is 0 Å². The largest absolute Gasteiger partial charge is 0.277 e. The van der Waals surface area contributed by atoms with E-state index in [9.17, 15) is 0 Å². The highest BCUT2D eigenvalue weighted by molar-refractivity contribution is 7.03. The Balaban J connectivity index is 2.33. The Morgan fingerprint density at radius 2 is 2.14 bits per heavy atom. The number of para-hydroxylation sites is 1. The Labute approximate surface area is 83.8 Å². The van der Waals surface area contributed by atoms with Gasteiger partial charge in [0.2, 0.25) is 0 Å². The van der Waals surface area contributed by atoms with E-state index >= 15 is 0 Å². The van der Waals surface area contributed by atoms with Gasteiger partial charge < -0.3 is 0 Å². The van der Waals surface area contributed by atoms with Gasteiger partial charge in [-0.2, -0.15) is 5.10 Å². The lowest BCUT2D eigenvalue weighted by atomic mass is 10.2. The number of hydrogen-bond acceptors (Lipinski definition) is 4. The fraction of sp³-hybridized carbons (Fsp3) is 0. The summed E-state index contributed by atoms with van der Waals surface area (Å²) in [4.78, 5) is 0. The number of hydrogen-bond donors (Lipinski definition) is 1. The van der Waals surface area contributed by atoms with E-state index in [2.05, 4.69) is 19.8 Å². The molecule has 0 aliphatic rings. The molecule has 1 N–H and O–H groups in total. The second-order valence-electron chi connectivity index (χ2n) is 2.91. The highest BCUT2D eigenvalue weighted by Crippen LogP contribution is 2.24. The van der Waals surface area contributed by atoms with E-state index < -0.39 is 0 Å². The van der Waals surface area contributed by atoms with E-state index in [1.807, 2.05) is 29.6 Å². The van der Waals surface area contributed by atoms with E-state index in [0.29, 0.717) is 0 Å². The van der Waals surface area contributed by atoms with Gasteiger partial charge in [0.1, 0.15) is 11.4 Å². The van der Waals surface area contributed by atoms with Gasteiger partial charge in [0.15, 0.2) is 0 Å². The maximum absolute atomic E-state index is 4.22. The van der Waals surface area contributed by atoms with Crippen LogP contribution in [0.1, 0.15) is 0 Å². The second kappa shape index (κ2) is 2.88. The van der Waals surface area contributed by atoms with Gasteiger partial charge in [0.05, 0.1) is 5.52 Å². The van der Waals surface area contributed by atoms with E-state index in [1.165, 1.54) is 11.5 Å². The van der Waals surface area contributed by atoms with Crippen molar-refractivity contribution in [2.75, 3.05) is 0 Å². The Hall–Kier alpha value is -1.75. The summed E-state index contributed by atoms with van der Waals surface area (Å²) in [7, 11) is 0. The zero-order valence-electron chi connectivity index (χ0n) is 7.14. The number of fused-ring (bicyclic) bond motifs is 1. The summed E-state index contributed by atoms with van der Waals surface area (Å²) < 4.78 is 3.82. The molecule has 1 aromatic carbocycles. The smallest absolute Gasteiger partial charge is 0.126 e. The molecule has 0 bridgehead atoms. The fourth-order valence-electron chi connectivity index (χ4n) is 1.43. The summed E-state index contributed by atoms with van der Waals surface area (Å²) in [6.07, 6.45) is 0. The van der Waals surface area contributed by atoms with Crippen LogP contribution in [0, 0.1) is 0 Å². The first-order valence-electron chi connectivity index (χ1n) is 4.16. The molecule has 14 heavy (non-hydrogen) atoms. The van der Waals surface area contributed by atoms with Crippen LogP contribution in [0.2, 0.25) is 0 Å². The Kier molecular flexibility index (Phi) is 1.57. The lowest BCUT2D eigenvalue weighted by molar-refractivity contribution is 1.09. The number of aromatic nitrogens is 4. The lowest BCUT2D eigenvalue weighted by Crippen LogP contribution is -1.78. The van der Waals surface area contributed by atoms with Crippen LogP contribution in [-0.2, 0) is 0 Å². The van der Waals surface area contributed by atoms with Crippen molar-refractivity contribution in [3.8, 4) is 11.4 Å². The summed E-state index contributed by atoms with van der Waals surface area (Å²) >= 11 is 1.33. The summed E-state index contributed by atoms with van der Waals surface area (Å²) in [5, 5.41) is 14.2. The van der Waals surface area contributed by atoms with E-state index in [1.54, 1.807) is 0 Å². The number of nitrogens with one attached hydrogen (secondary N) is 1. The van der Waals surface area contributed by atoms with Gasteiger partial charge in [-0.05, 0) is 17.6 Å². The third kappa shape index (κ3) is 1.03. The van der Waals surface area contributed by atoms with Crippen molar-refractivity contribution in [1.29, 1.82) is 0 Å². The van der Waals surface area contributed by atoms with Gasteiger partial charge in [0, 0.05) is 10.8 Å². The van der Waals surface area contributed by atoms with Gasteiger partial charge in [-0.15, -0.1) is 5.10 Å². The summed E-state index contributed by atoms with van der Waals surface area (Å²) in [6, 6.07) is 7.98. The summed E-state index contributed by atoms with van der Waals surface area (Å²) in [6.45, 7) is 0. The van der Waals surface area contributed by atoms with Crippen LogP contribution in [-0.4, -0.2) is 19.8 Å². The van der Waals surface area contributed by atoms with Crippen LogP contribution in [0.5, 0.6) is 0 Å². The van der Waals surface area contributed by atoms with Gasteiger partial charge in [-0.3, -0.25) is 5.10 Å². The monoisotopic (exact) mass is 202 g/mol. The van der Waals surface area contributed by atoms with E-state index in [4.69, 9.17) is 0 Å². The second-order valence-corrected chi connectivity index (χ2v) is 3.52. The topological polar surface area (TPSA) is 54.5 Å². The molecule has 2 heterocycles. The molecule has 0 saturated heterocycles. The first-order chi connectivity index (χ1) is 6.95. The molecule has 4 nitrogen and oxygen atoms in total. The van der Waals surface area contributed by atoms with E-state index in [0.717, 1.165) is 22.3 Å². The van der Waals surface area contributed by atoms with Crippen molar-refractivity contribution in [1.82, 2.24) is 19.8 Å². The van der Waals surface area contributed by atoms with Crippen molar-refractivity contribution < 1.29 is 0 Å². The summed E-state index contributed by atoms with van der Waals surface area (Å²) in [5.74, 6) is 0. The SMILES string of the molecule is c1ccc2c(-c3csnn3)n[nH]c2c1. The highest BCUT2D eigenvalue weighted by atomic mass is 32.1. The standard InChI is InChI=1S/C9H6N4S/c1-2-4-7-6(3-1)9(12-10-7)8-5-14-13-11-8/h1-5H,(H,10,12). The maximum atomic E-state index is 4.22. The molecule has 3 rings (SSSR count). The number of aromatic amines is 1. The number of H-pyrrole nitrogens is 1. The Bertz CT molecular complexity index is 555. The maximum Gasteiger partial charge on any atom is 0.126 e. The van der Waals surface area contributed by atoms with Gasteiger partial charge in [0.25, 0.3) is 0 Å². The Morgan fingerprint density at radius 1 is 1.21 bits per heavy atom. The molecule has 0 atom stereocenters. The van der Waals surface area contributed by atoms with Crippen molar-refractivity contribution >= 4 is 22.4 Å². The van der Waals surface area contributed by atoms with Crippen molar-refractivity contribution in [2.24, 2.45) is 0 Å². The third-order valence-corrected chi connectivity index (χ3v) is 2.58. The van der Waals surface area contributed by atoms with Crippen LogP contribution in [0.3, 0.4) is 0 Å². The van der Waals surface area contributed by atoms with Crippen LogP contribution >= 0.6 is 11.5 Å². The average Bonchev–Trinajstić information content (AvgIpc) is 2.85. The molecule has 2 aromatic heterocycles. The molecule has 0 fully saturated rings. The predicted molar refractivity (Wildman–Crippen MR) is 55.0 cm³/mol. The number of nitrogens with zero attached hydrogens (tertiary/aromatic N) is 3. The fourth-order valence-corrected chi connectivity index (χ4v) is 1.87. The highest BCUT2D eigenvalue weighted by Gasteiger charge is 2.08. The molecular weight excluding hydrogens is 196 g/mol. The minimum absolute atomic E-state index is 0.826. The number of benzene rings is 1. The van der Waals surface area contributed by atoms with Crippen LogP contribution < -0.4 is 0 Å². The molecule has 68 valence electrons. The quantitative estimate of drug-likeness (QED) is 0.657. The zero-order chi connectivity index (χ0) is 9.38. The lowest BCUT2D eigenvalue weighted by Gasteiger charge is -1.89. The Morgan fingerprint density at radius 3 is 3.00 bits per heavy atom. The first-order valence-corrected chi connectivity index (χ1v) is 4.99. The normalized spacial score (nSPS) is 10.9. The van der Waals surface area contributed by atoms with Crippen LogP contribution in [0.25, 0.3) is 22.3 Å². The molecule has 0 aliphatic carbocycles. The van der Waals surface area contributed by atoms with Crippen molar-refractivity contribution in [3.05, 3.63) is 29.6 Å². The molecule has 0 amide bonds. The van der Waals surface area contributed by atoms with Gasteiger partial charge in [-0.1, -0.05) is 22.7 Å². The first kappa shape index (κ1) is 7.64. The summed E-state index contributed by atoms with van der Waals surface area (Å²) in [5.41, 5.74) is 2.72. The molecule has 0 spiro atoms. The molecule has 0 aliphatic heterocycles. The number of rotatable bonds is 1. The predicted octanol–water partition coefficient (Wildman–Crippen LogP) is 2.08. The van der Waals surface area contributed by atoms with Crippen molar-refractivity contribution in [3.63, 3.8) is 0 Å². The molecule has 0 radical (unpaired) electrons. The van der Waals surface area contributed by atoms with Crippen LogP contribution in [0.4, 0.5) is 0 Å². The molecule has 3 aromatic rings. The average molecular weight is 202 g/mol. The zero-order valence-corrected chi connectivity index (χ0v) is 7.95.